The van der Waals surface area contributed by atoms with Gasteiger partial charge in [0.15, 0.2) is 0 Å². The molecule has 5 nitrogen and oxygen atoms in total. The third-order valence-electron chi connectivity index (χ3n) is 3.36. The number of nitrogens with zero attached hydrogens (tertiary/aromatic N) is 1. The van der Waals surface area contributed by atoms with Gasteiger partial charge in [-0.1, -0.05) is 0 Å². The van der Waals surface area contributed by atoms with E-state index >= 15 is 0 Å². The number of alkyl carbamates (subject to hydrolysis) is 1. The molecule has 7 heteroatoms. The van der Waals surface area contributed by atoms with Crippen LogP contribution in [0.2, 0.25) is 0 Å². The Morgan fingerprint density at radius 3 is 2.74 bits per heavy atom. The van der Waals surface area contributed by atoms with Crippen LogP contribution in [0.3, 0.4) is 0 Å². The van der Waals surface area contributed by atoms with Crippen LogP contribution in [0.1, 0.15) is 37.6 Å². The highest BCUT2D eigenvalue weighted by Crippen LogP contribution is 2.18. The number of benzene rings is 1. The smallest absolute Gasteiger partial charge is 0.407 e. The van der Waals surface area contributed by atoms with Crippen molar-refractivity contribution in [3.8, 4) is 0 Å². The number of hydrogen-bond donors (Lipinski definition) is 1. The van der Waals surface area contributed by atoms with Gasteiger partial charge in [-0.05, 0) is 68.0 Å². The number of amides is 2. The molecule has 0 saturated carbocycles. The minimum atomic E-state index is -0.567. The largest absolute Gasteiger partial charge is 0.444 e. The number of nitrogens with one attached hydrogen (secondary N) is 1. The Bertz CT molecular complexity index is 616. The Morgan fingerprint density at radius 2 is 2.09 bits per heavy atom. The van der Waals surface area contributed by atoms with Gasteiger partial charge in [0.1, 0.15) is 11.4 Å². The molecule has 1 aliphatic heterocycles. The summed E-state index contributed by atoms with van der Waals surface area (Å²) >= 11 is 2.04. The lowest BCUT2D eigenvalue weighted by molar-refractivity contribution is 0.0502. The van der Waals surface area contributed by atoms with Crippen molar-refractivity contribution in [2.75, 3.05) is 13.1 Å². The van der Waals surface area contributed by atoms with Crippen molar-refractivity contribution in [2.24, 2.45) is 0 Å². The molecule has 2 rings (SSSR count). The van der Waals surface area contributed by atoms with Gasteiger partial charge < -0.3 is 15.0 Å². The summed E-state index contributed by atoms with van der Waals surface area (Å²) in [4.78, 5) is 25.7. The summed E-state index contributed by atoms with van der Waals surface area (Å²) in [5, 5.41) is 2.75. The summed E-state index contributed by atoms with van der Waals surface area (Å²) in [6.45, 7) is 6.19. The van der Waals surface area contributed by atoms with Gasteiger partial charge in [-0.2, -0.15) is 0 Å². The number of halogens is 2. The first-order chi connectivity index (χ1) is 10.7. The van der Waals surface area contributed by atoms with Crippen LogP contribution in [0.15, 0.2) is 18.2 Å². The fourth-order valence-corrected chi connectivity index (χ4v) is 2.86. The van der Waals surface area contributed by atoms with Crippen LogP contribution < -0.4 is 5.32 Å². The molecular formula is C16H20FIN2O3. The number of carbonyl (C=O) groups is 2. The molecule has 126 valence electrons. The van der Waals surface area contributed by atoms with E-state index in [4.69, 9.17) is 4.74 Å². The number of hydrogen-bond acceptors (Lipinski definition) is 3. The van der Waals surface area contributed by atoms with Gasteiger partial charge in [-0.3, -0.25) is 4.79 Å². The van der Waals surface area contributed by atoms with Crippen molar-refractivity contribution < 1.29 is 18.7 Å². The predicted octanol–water partition coefficient (Wildman–Crippen LogP) is 3.17. The van der Waals surface area contributed by atoms with E-state index in [2.05, 4.69) is 5.32 Å². The van der Waals surface area contributed by atoms with Gasteiger partial charge in [0.05, 0.1) is 11.6 Å². The van der Waals surface area contributed by atoms with Crippen LogP contribution >= 0.6 is 22.6 Å². The molecule has 0 aliphatic carbocycles. The van der Waals surface area contributed by atoms with Gasteiger partial charge in [0, 0.05) is 16.7 Å². The van der Waals surface area contributed by atoms with Crippen LogP contribution in [-0.2, 0) is 4.74 Å². The predicted molar refractivity (Wildman–Crippen MR) is 92.8 cm³/mol. The second-order valence-corrected chi connectivity index (χ2v) is 7.75. The maximum atomic E-state index is 13.8. The molecule has 0 unspecified atom stereocenters. The minimum Gasteiger partial charge on any atom is -0.444 e. The van der Waals surface area contributed by atoms with Crippen molar-refractivity contribution in [1.29, 1.82) is 0 Å². The summed E-state index contributed by atoms with van der Waals surface area (Å²) in [7, 11) is 0. The molecule has 0 spiro atoms. The Morgan fingerprint density at radius 1 is 1.39 bits per heavy atom. The topological polar surface area (TPSA) is 58.6 Å². The van der Waals surface area contributed by atoms with E-state index < -0.39 is 17.5 Å². The summed E-state index contributed by atoms with van der Waals surface area (Å²) in [6, 6.07) is 4.26. The van der Waals surface area contributed by atoms with Gasteiger partial charge in [0.2, 0.25) is 0 Å². The molecule has 0 aromatic heterocycles. The fourth-order valence-electron chi connectivity index (χ4n) is 2.37. The number of rotatable bonds is 2. The van der Waals surface area contributed by atoms with Crippen LogP contribution in [-0.4, -0.2) is 41.6 Å². The SMILES string of the molecule is CC(C)(C)OC(=O)N[C@H]1CCN(C(=O)c2cc(I)ccc2F)C1. The number of ether oxygens (including phenoxy) is 1. The zero-order chi connectivity index (χ0) is 17.2. The Labute approximate surface area is 148 Å². The summed E-state index contributed by atoms with van der Waals surface area (Å²) in [5.74, 6) is -0.881. The molecule has 1 aromatic rings. The van der Waals surface area contributed by atoms with Gasteiger partial charge in [-0.25, -0.2) is 9.18 Å². The van der Waals surface area contributed by atoms with E-state index in [9.17, 15) is 14.0 Å². The first-order valence-electron chi connectivity index (χ1n) is 7.39. The molecule has 0 radical (unpaired) electrons. The number of likely N-dealkylation sites (tertiary alicyclic amines) is 1. The zero-order valence-electron chi connectivity index (χ0n) is 13.4. The standard InChI is InChI=1S/C16H20FIN2O3/c1-16(2,3)23-15(22)19-11-6-7-20(9-11)14(21)12-8-10(18)4-5-13(12)17/h4-5,8,11H,6-7,9H2,1-3H3,(H,19,22)/t11-/m0/s1. The van der Waals surface area contributed by atoms with Crippen LogP contribution in [0.5, 0.6) is 0 Å². The normalized spacial score (nSPS) is 18.0. The lowest BCUT2D eigenvalue weighted by atomic mass is 10.2. The third-order valence-corrected chi connectivity index (χ3v) is 4.03. The average Bonchev–Trinajstić information content (AvgIpc) is 2.87. The van der Waals surface area contributed by atoms with Crippen LogP contribution in [0.25, 0.3) is 0 Å². The van der Waals surface area contributed by atoms with E-state index in [1.165, 1.54) is 12.1 Å². The second kappa shape index (κ2) is 7.02. The Balaban J connectivity index is 1.96. The van der Waals surface area contributed by atoms with Crippen LogP contribution in [0, 0.1) is 9.39 Å². The molecule has 1 N–H and O–H groups in total. The molecule has 2 amide bonds. The van der Waals surface area contributed by atoms with Crippen molar-refractivity contribution >= 4 is 34.6 Å². The van der Waals surface area contributed by atoms with E-state index in [0.29, 0.717) is 19.5 Å². The average molecular weight is 434 g/mol. The minimum absolute atomic E-state index is 0.0646. The zero-order valence-corrected chi connectivity index (χ0v) is 15.5. The van der Waals surface area contributed by atoms with E-state index in [-0.39, 0.29) is 17.5 Å². The first kappa shape index (κ1) is 18.0. The second-order valence-electron chi connectivity index (χ2n) is 6.51. The van der Waals surface area contributed by atoms with Crippen molar-refractivity contribution in [2.45, 2.75) is 38.8 Å². The van der Waals surface area contributed by atoms with Gasteiger partial charge >= 0.3 is 6.09 Å². The Kier molecular flexibility index (Phi) is 5.49. The molecule has 1 atom stereocenters. The molecule has 1 heterocycles. The van der Waals surface area contributed by atoms with E-state index in [1.54, 1.807) is 31.7 Å². The maximum Gasteiger partial charge on any atom is 0.407 e. The summed E-state index contributed by atoms with van der Waals surface area (Å²) in [6.07, 6.45) is 0.119. The highest BCUT2D eigenvalue weighted by molar-refractivity contribution is 14.1. The molecular weight excluding hydrogens is 414 g/mol. The van der Waals surface area contributed by atoms with Crippen molar-refractivity contribution in [1.82, 2.24) is 10.2 Å². The lowest BCUT2D eigenvalue weighted by Gasteiger charge is -2.22. The van der Waals surface area contributed by atoms with E-state index in [1.807, 2.05) is 22.6 Å². The molecule has 1 saturated heterocycles. The molecule has 1 fully saturated rings. The molecule has 1 aliphatic rings. The highest BCUT2D eigenvalue weighted by atomic mass is 127. The monoisotopic (exact) mass is 434 g/mol. The van der Waals surface area contributed by atoms with Gasteiger partial charge in [-0.15, -0.1) is 0 Å². The highest BCUT2D eigenvalue weighted by Gasteiger charge is 2.30. The quantitative estimate of drug-likeness (QED) is 0.728. The van der Waals surface area contributed by atoms with Crippen molar-refractivity contribution in [3.63, 3.8) is 0 Å². The Hall–Kier alpha value is -1.38. The summed E-state index contributed by atoms with van der Waals surface area (Å²) < 4.78 is 19.8. The first-order valence-corrected chi connectivity index (χ1v) is 8.47. The van der Waals surface area contributed by atoms with Crippen molar-refractivity contribution in [3.05, 3.63) is 33.1 Å². The van der Waals surface area contributed by atoms with Crippen LogP contribution in [0.4, 0.5) is 9.18 Å². The maximum absolute atomic E-state index is 13.8. The van der Waals surface area contributed by atoms with Gasteiger partial charge in [0.25, 0.3) is 5.91 Å². The molecule has 1 aromatic carbocycles. The third kappa shape index (κ3) is 5.05. The molecule has 23 heavy (non-hydrogen) atoms. The number of carbonyl (C=O) groups excluding carboxylic acids is 2. The summed E-state index contributed by atoms with van der Waals surface area (Å²) in [5.41, 5.74) is -0.503. The molecule has 0 bridgehead atoms. The van der Waals surface area contributed by atoms with E-state index in [0.717, 1.165) is 3.57 Å². The fraction of sp³-hybridized carbons (Fsp3) is 0.500. The lowest BCUT2D eigenvalue weighted by Crippen LogP contribution is -2.41.